The molecule has 168 valence electrons. The van der Waals surface area contributed by atoms with Crippen molar-refractivity contribution in [3.63, 3.8) is 0 Å². The van der Waals surface area contributed by atoms with Gasteiger partial charge in [-0.1, -0.05) is 19.1 Å². The number of carbonyl (C=O) groups is 1. The van der Waals surface area contributed by atoms with Crippen molar-refractivity contribution in [3.05, 3.63) is 70.5 Å². The van der Waals surface area contributed by atoms with Crippen LogP contribution in [0.2, 0.25) is 0 Å². The predicted molar refractivity (Wildman–Crippen MR) is 126 cm³/mol. The van der Waals surface area contributed by atoms with Crippen LogP contribution < -0.4 is 14.9 Å². The average Bonchev–Trinajstić information content (AvgIpc) is 3.36. The number of benzene rings is 2. The molecule has 1 amide bonds. The van der Waals surface area contributed by atoms with Crippen LogP contribution in [-0.4, -0.2) is 42.7 Å². The summed E-state index contributed by atoms with van der Waals surface area (Å²) in [5, 5.41) is 8.54. The molecular formula is C23H25BrN4O4. The zero-order valence-corrected chi connectivity index (χ0v) is 19.9. The fraction of sp³-hybridized carbons (Fsp3) is 0.261. The molecule has 1 unspecified atom stereocenters. The number of amides is 1. The van der Waals surface area contributed by atoms with E-state index >= 15 is 0 Å². The SMILES string of the molecule is CCC(=NNC(=O)C(OC)c1ccc(-n2cccn2)cc1)c1cc(OC)c(Br)c(OC)c1. The van der Waals surface area contributed by atoms with Crippen LogP contribution in [0.15, 0.2) is 64.4 Å². The van der Waals surface area contributed by atoms with Gasteiger partial charge in [0.1, 0.15) is 16.0 Å². The van der Waals surface area contributed by atoms with E-state index in [9.17, 15) is 4.79 Å². The quantitative estimate of drug-likeness (QED) is 0.350. The fourth-order valence-electron chi connectivity index (χ4n) is 3.18. The summed E-state index contributed by atoms with van der Waals surface area (Å²) in [6.45, 7) is 1.95. The molecule has 1 N–H and O–H groups in total. The number of hydrogen-bond acceptors (Lipinski definition) is 6. The number of nitrogens with one attached hydrogen (secondary N) is 1. The minimum absolute atomic E-state index is 0.374. The first-order valence-corrected chi connectivity index (χ1v) is 10.7. The molecule has 0 fully saturated rings. The van der Waals surface area contributed by atoms with Crippen LogP contribution in [0, 0.1) is 0 Å². The molecule has 3 aromatic rings. The number of halogens is 1. The van der Waals surface area contributed by atoms with Gasteiger partial charge in [0.2, 0.25) is 0 Å². The molecule has 8 nitrogen and oxygen atoms in total. The predicted octanol–water partition coefficient (Wildman–Crippen LogP) is 4.27. The Bertz CT molecular complexity index is 1060. The molecule has 0 aliphatic rings. The lowest BCUT2D eigenvalue weighted by atomic mass is 10.1. The number of nitrogens with zero attached hydrogens (tertiary/aromatic N) is 3. The van der Waals surface area contributed by atoms with Crippen molar-refractivity contribution in [2.24, 2.45) is 5.10 Å². The van der Waals surface area contributed by atoms with Gasteiger partial charge in [-0.25, -0.2) is 10.1 Å². The van der Waals surface area contributed by atoms with Crippen LogP contribution in [0.1, 0.15) is 30.6 Å². The van der Waals surface area contributed by atoms with Crippen molar-refractivity contribution in [1.82, 2.24) is 15.2 Å². The summed E-state index contributed by atoms with van der Waals surface area (Å²) in [5.41, 5.74) is 5.68. The summed E-state index contributed by atoms with van der Waals surface area (Å²) in [5.74, 6) is 0.846. The number of aromatic nitrogens is 2. The van der Waals surface area contributed by atoms with E-state index in [0.29, 0.717) is 33.7 Å². The molecule has 2 aromatic carbocycles. The highest BCUT2D eigenvalue weighted by atomic mass is 79.9. The molecule has 0 aliphatic carbocycles. The smallest absolute Gasteiger partial charge is 0.273 e. The van der Waals surface area contributed by atoms with E-state index in [1.165, 1.54) is 7.11 Å². The molecule has 9 heteroatoms. The summed E-state index contributed by atoms with van der Waals surface area (Å²) in [6, 6.07) is 12.9. The highest BCUT2D eigenvalue weighted by molar-refractivity contribution is 9.10. The Labute approximate surface area is 195 Å². The minimum atomic E-state index is -0.808. The first-order chi connectivity index (χ1) is 15.5. The Balaban J connectivity index is 1.79. The third-order valence-corrected chi connectivity index (χ3v) is 5.64. The first-order valence-electron chi connectivity index (χ1n) is 9.93. The van der Waals surface area contributed by atoms with Crippen molar-refractivity contribution >= 4 is 27.5 Å². The monoisotopic (exact) mass is 500 g/mol. The molecule has 0 spiro atoms. The molecule has 0 radical (unpaired) electrons. The standard InChI is InChI=1S/C23H25BrN4O4/c1-5-18(16-13-19(30-2)21(24)20(14-16)31-3)26-27-23(29)22(32-4)15-7-9-17(10-8-15)28-12-6-11-25-28/h6-14,22H,5H2,1-4H3,(H,27,29). The maximum atomic E-state index is 12.8. The lowest BCUT2D eigenvalue weighted by molar-refractivity contribution is -0.131. The number of ether oxygens (including phenoxy) is 3. The summed E-state index contributed by atoms with van der Waals surface area (Å²) < 4.78 is 18.7. The van der Waals surface area contributed by atoms with E-state index in [1.807, 2.05) is 55.6 Å². The normalized spacial score (nSPS) is 12.3. The summed E-state index contributed by atoms with van der Waals surface area (Å²) in [6.07, 6.45) is 3.34. The Morgan fingerprint density at radius 1 is 1.16 bits per heavy atom. The summed E-state index contributed by atoms with van der Waals surface area (Å²) in [4.78, 5) is 12.8. The van der Waals surface area contributed by atoms with Crippen LogP contribution in [0.4, 0.5) is 0 Å². The third-order valence-electron chi connectivity index (χ3n) is 4.85. The second-order valence-electron chi connectivity index (χ2n) is 6.74. The molecule has 0 bridgehead atoms. The van der Waals surface area contributed by atoms with E-state index in [2.05, 4.69) is 31.6 Å². The van der Waals surface area contributed by atoms with Crippen molar-refractivity contribution < 1.29 is 19.0 Å². The summed E-state index contributed by atoms with van der Waals surface area (Å²) >= 11 is 3.46. The Kier molecular flexibility index (Phi) is 8.02. The minimum Gasteiger partial charge on any atom is -0.495 e. The van der Waals surface area contributed by atoms with Crippen LogP contribution in [0.5, 0.6) is 11.5 Å². The number of hydrogen-bond donors (Lipinski definition) is 1. The van der Waals surface area contributed by atoms with Crippen LogP contribution in [0.25, 0.3) is 5.69 Å². The second-order valence-corrected chi connectivity index (χ2v) is 7.53. The summed E-state index contributed by atoms with van der Waals surface area (Å²) in [7, 11) is 4.64. The van der Waals surface area contributed by atoms with E-state index in [0.717, 1.165) is 11.3 Å². The Hall–Kier alpha value is -3.17. The Morgan fingerprint density at radius 3 is 2.31 bits per heavy atom. The number of carbonyl (C=O) groups excluding carboxylic acids is 1. The van der Waals surface area contributed by atoms with Crippen molar-refractivity contribution in [3.8, 4) is 17.2 Å². The maximum absolute atomic E-state index is 12.8. The van der Waals surface area contributed by atoms with E-state index in [1.54, 1.807) is 25.1 Å². The number of rotatable bonds is 9. The van der Waals surface area contributed by atoms with Gasteiger partial charge in [0.05, 0.1) is 25.6 Å². The zero-order chi connectivity index (χ0) is 23.1. The maximum Gasteiger partial charge on any atom is 0.273 e. The van der Waals surface area contributed by atoms with E-state index in [-0.39, 0.29) is 5.91 Å². The molecule has 1 heterocycles. The van der Waals surface area contributed by atoms with Crippen molar-refractivity contribution in [1.29, 1.82) is 0 Å². The first kappa shape index (κ1) is 23.5. The van der Waals surface area contributed by atoms with Gasteiger partial charge in [0.25, 0.3) is 5.91 Å². The van der Waals surface area contributed by atoms with Gasteiger partial charge in [-0.2, -0.15) is 10.2 Å². The topological polar surface area (TPSA) is 87.0 Å². The van der Waals surface area contributed by atoms with Gasteiger partial charge >= 0.3 is 0 Å². The van der Waals surface area contributed by atoms with Gasteiger partial charge in [-0.05, 0) is 58.2 Å². The van der Waals surface area contributed by atoms with Crippen molar-refractivity contribution in [2.45, 2.75) is 19.4 Å². The zero-order valence-electron chi connectivity index (χ0n) is 18.3. The molecule has 1 aromatic heterocycles. The van der Waals surface area contributed by atoms with Gasteiger partial charge in [0.15, 0.2) is 6.10 Å². The molecule has 1 atom stereocenters. The van der Waals surface area contributed by atoms with Crippen molar-refractivity contribution in [2.75, 3.05) is 21.3 Å². The fourth-order valence-corrected chi connectivity index (χ4v) is 3.74. The third kappa shape index (κ3) is 5.17. The highest BCUT2D eigenvalue weighted by Gasteiger charge is 2.20. The largest absolute Gasteiger partial charge is 0.495 e. The molecule has 0 aliphatic heterocycles. The molecule has 0 saturated carbocycles. The van der Waals surface area contributed by atoms with Crippen LogP contribution >= 0.6 is 15.9 Å². The average molecular weight is 501 g/mol. The highest BCUT2D eigenvalue weighted by Crippen LogP contribution is 2.36. The van der Waals surface area contributed by atoms with E-state index < -0.39 is 6.10 Å². The number of hydrazone groups is 1. The van der Waals surface area contributed by atoms with Crippen LogP contribution in [0.3, 0.4) is 0 Å². The Morgan fingerprint density at radius 2 is 1.81 bits per heavy atom. The van der Waals surface area contributed by atoms with E-state index in [4.69, 9.17) is 14.2 Å². The van der Waals surface area contributed by atoms with Gasteiger partial charge < -0.3 is 14.2 Å². The van der Waals surface area contributed by atoms with Gasteiger partial charge in [-0.15, -0.1) is 0 Å². The lowest BCUT2D eigenvalue weighted by Crippen LogP contribution is -2.27. The van der Waals surface area contributed by atoms with Crippen LogP contribution in [-0.2, 0) is 9.53 Å². The molecule has 0 saturated heterocycles. The second kappa shape index (κ2) is 10.9. The van der Waals surface area contributed by atoms with Gasteiger partial charge in [0, 0.05) is 25.1 Å². The van der Waals surface area contributed by atoms with Gasteiger partial charge in [-0.3, -0.25) is 4.79 Å². The molecule has 3 rings (SSSR count). The molecular weight excluding hydrogens is 476 g/mol. The number of methoxy groups -OCH3 is 3. The lowest BCUT2D eigenvalue weighted by Gasteiger charge is -2.16. The molecule has 32 heavy (non-hydrogen) atoms.